The first kappa shape index (κ1) is 21.6. The number of nitrogens with one attached hydrogen (secondary N) is 3. The number of aryl methyl sites for hydroxylation is 3. The van der Waals surface area contributed by atoms with Gasteiger partial charge in [-0.05, 0) is 62.2 Å². The van der Waals surface area contributed by atoms with Crippen LogP contribution in [-0.4, -0.2) is 26.8 Å². The van der Waals surface area contributed by atoms with Crippen molar-refractivity contribution in [3.63, 3.8) is 0 Å². The smallest absolute Gasteiger partial charge is 0.286 e. The number of thioether (sulfide) groups is 1. The predicted molar refractivity (Wildman–Crippen MR) is 125 cm³/mol. The summed E-state index contributed by atoms with van der Waals surface area (Å²) in [4.78, 5) is 36.7. The number of fused-ring (bicyclic) bond motifs is 1. The molecule has 0 spiro atoms. The summed E-state index contributed by atoms with van der Waals surface area (Å²) in [5, 5.41) is 1.67. The minimum atomic E-state index is -0.409. The first-order valence-corrected chi connectivity index (χ1v) is 11.1. The lowest BCUT2D eigenvalue weighted by Crippen LogP contribution is -2.41. The fourth-order valence-corrected chi connectivity index (χ4v) is 4.18. The summed E-state index contributed by atoms with van der Waals surface area (Å²) >= 11 is 1.55. The minimum absolute atomic E-state index is 0.381. The maximum atomic E-state index is 12.4. The summed E-state index contributed by atoms with van der Waals surface area (Å²) in [5.41, 5.74) is 10.7. The van der Waals surface area contributed by atoms with E-state index < -0.39 is 5.91 Å². The zero-order valence-electron chi connectivity index (χ0n) is 18.0. The van der Waals surface area contributed by atoms with Crippen LogP contribution in [0.25, 0.3) is 10.9 Å². The van der Waals surface area contributed by atoms with Gasteiger partial charge in [0.15, 0.2) is 5.16 Å². The van der Waals surface area contributed by atoms with Gasteiger partial charge < -0.3 is 4.98 Å². The topological polar surface area (TPSA) is 99.8 Å². The first-order valence-electron chi connectivity index (χ1n) is 10.1. The number of H-pyrrole nitrogens is 1. The van der Waals surface area contributed by atoms with Gasteiger partial charge in [0.25, 0.3) is 11.8 Å². The Labute approximate surface area is 190 Å². The molecule has 2 heterocycles. The van der Waals surface area contributed by atoms with Gasteiger partial charge in [-0.2, -0.15) is 0 Å². The Kier molecular flexibility index (Phi) is 6.23. The highest BCUT2D eigenvalue weighted by molar-refractivity contribution is 7.98. The molecular formula is C24H23N5O2S. The Bertz CT molecular complexity index is 1280. The fourth-order valence-electron chi connectivity index (χ4n) is 3.27. The Balaban J connectivity index is 1.32. The highest BCUT2D eigenvalue weighted by atomic mass is 32.2. The quantitative estimate of drug-likeness (QED) is 0.242. The van der Waals surface area contributed by atoms with Crippen LogP contribution in [0.3, 0.4) is 0 Å². The van der Waals surface area contributed by atoms with E-state index in [1.54, 1.807) is 30.0 Å². The van der Waals surface area contributed by atoms with Crippen LogP contribution in [0.4, 0.5) is 0 Å². The van der Waals surface area contributed by atoms with Crippen molar-refractivity contribution >= 4 is 34.5 Å². The highest BCUT2D eigenvalue weighted by Crippen LogP contribution is 2.20. The lowest BCUT2D eigenvalue weighted by Gasteiger charge is -2.07. The lowest BCUT2D eigenvalue weighted by atomic mass is 10.1. The molecule has 2 aromatic heterocycles. The second-order valence-corrected chi connectivity index (χ2v) is 8.54. The maximum Gasteiger partial charge on any atom is 0.286 e. The summed E-state index contributed by atoms with van der Waals surface area (Å²) in [6.45, 7) is 5.88. The highest BCUT2D eigenvalue weighted by Gasteiger charge is 2.12. The van der Waals surface area contributed by atoms with Gasteiger partial charge in [-0.1, -0.05) is 36.0 Å². The van der Waals surface area contributed by atoms with Gasteiger partial charge in [0.05, 0.1) is 0 Å². The molecule has 0 bridgehead atoms. The third-order valence-electron chi connectivity index (χ3n) is 4.86. The van der Waals surface area contributed by atoms with Gasteiger partial charge in [-0.3, -0.25) is 20.4 Å². The SMILES string of the molecule is Cc1ccc2cc(C(=O)NNC(=O)c3ccc(CSc4nc(C)cc(C)n4)cc3)[nH]c2c1. The number of rotatable bonds is 5. The van der Waals surface area contributed by atoms with Crippen LogP contribution in [0.15, 0.2) is 59.8 Å². The van der Waals surface area contributed by atoms with Crippen LogP contribution >= 0.6 is 11.8 Å². The Morgan fingerprint density at radius 3 is 2.28 bits per heavy atom. The molecule has 2 amide bonds. The van der Waals surface area contributed by atoms with E-state index in [0.717, 1.165) is 38.6 Å². The molecule has 0 saturated heterocycles. The van der Waals surface area contributed by atoms with E-state index in [9.17, 15) is 9.59 Å². The molecule has 0 atom stereocenters. The average Bonchev–Trinajstić information content (AvgIpc) is 3.19. The molecule has 0 aliphatic rings. The standard InChI is InChI=1S/C24H23N5O2S/c1-14-4-7-19-12-21(27-20(19)10-14)23(31)29-28-22(30)18-8-5-17(6-9-18)13-32-24-25-15(2)11-16(3)26-24/h4-12,27H,13H2,1-3H3,(H,28,30)(H,29,31). The molecule has 4 rings (SSSR count). The molecule has 0 radical (unpaired) electrons. The third kappa shape index (κ3) is 5.15. The van der Waals surface area contributed by atoms with Gasteiger partial charge in [-0.15, -0.1) is 0 Å². The van der Waals surface area contributed by atoms with Crippen LogP contribution < -0.4 is 10.9 Å². The largest absolute Gasteiger partial charge is 0.350 e. The van der Waals surface area contributed by atoms with Crippen molar-refractivity contribution in [1.29, 1.82) is 0 Å². The molecule has 0 saturated carbocycles. The summed E-state index contributed by atoms with van der Waals surface area (Å²) in [6.07, 6.45) is 0. The zero-order chi connectivity index (χ0) is 22.7. The number of hydrazine groups is 1. The zero-order valence-corrected chi connectivity index (χ0v) is 18.8. The van der Waals surface area contributed by atoms with Gasteiger partial charge >= 0.3 is 0 Å². The van der Waals surface area contributed by atoms with Gasteiger partial charge in [0.2, 0.25) is 0 Å². The van der Waals surface area contributed by atoms with Crippen molar-refractivity contribution in [1.82, 2.24) is 25.8 Å². The molecule has 8 heteroatoms. The Hall–Kier alpha value is -3.65. The molecule has 7 nitrogen and oxygen atoms in total. The number of aromatic amines is 1. The number of hydrogen-bond donors (Lipinski definition) is 3. The van der Waals surface area contributed by atoms with E-state index in [0.29, 0.717) is 17.0 Å². The van der Waals surface area contributed by atoms with E-state index in [1.165, 1.54) is 0 Å². The molecule has 4 aromatic rings. The number of hydrogen-bond acceptors (Lipinski definition) is 5. The Morgan fingerprint density at radius 2 is 1.56 bits per heavy atom. The molecule has 0 aliphatic carbocycles. The maximum absolute atomic E-state index is 12.4. The number of carbonyl (C=O) groups excluding carboxylic acids is 2. The van der Waals surface area contributed by atoms with E-state index >= 15 is 0 Å². The normalized spacial score (nSPS) is 10.8. The molecule has 32 heavy (non-hydrogen) atoms. The average molecular weight is 446 g/mol. The molecular weight excluding hydrogens is 422 g/mol. The summed E-state index contributed by atoms with van der Waals surface area (Å²) < 4.78 is 0. The van der Waals surface area contributed by atoms with Gasteiger partial charge in [-0.25, -0.2) is 9.97 Å². The van der Waals surface area contributed by atoms with Crippen molar-refractivity contribution in [3.05, 3.63) is 88.4 Å². The summed E-state index contributed by atoms with van der Waals surface area (Å²) in [6, 6.07) is 16.8. The summed E-state index contributed by atoms with van der Waals surface area (Å²) in [7, 11) is 0. The molecule has 3 N–H and O–H groups in total. The third-order valence-corrected chi connectivity index (χ3v) is 5.78. The second kappa shape index (κ2) is 9.23. The van der Waals surface area contributed by atoms with Crippen LogP contribution in [0.5, 0.6) is 0 Å². The molecule has 162 valence electrons. The van der Waals surface area contributed by atoms with E-state index in [2.05, 4.69) is 25.8 Å². The first-order chi connectivity index (χ1) is 15.4. The second-order valence-electron chi connectivity index (χ2n) is 7.60. The van der Waals surface area contributed by atoms with Crippen molar-refractivity contribution in [2.75, 3.05) is 0 Å². The molecule has 0 fully saturated rings. The number of nitrogens with zero attached hydrogens (tertiary/aromatic N) is 2. The van der Waals surface area contributed by atoms with Crippen LogP contribution in [-0.2, 0) is 5.75 Å². The number of amides is 2. The van der Waals surface area contributed by atoms with E-state index in [1.807, 2.05) is 57.2 Å². The van der Waals surface area contributed by atoms with Crippen LogP contribution in [0.1, 0.15) is 43.4 Å². The van der Waals surface area contributed by atoms with Crippen LogP contribution in [0.2, 0.25) is 0 Å². The number of aromatic nitrogens is 3. The van der Waals surface area contributed by atoms with Crippen molar-refractivity contribution in [3.8, 4) is 0 Å². The van der Waals surface area contributed by atoms with Crippen molar-refractivity contribution in [2.45, 2.75) is 31.7 Å². The van der Waals surface area contributed by atoms with Crippen molar-refractivity contribution in [2.24, 2.45) is 0 Å². The van der Waals surface area contributed by atoms with Crippen molar-refractivity contribution < 1.29 is 9.59 Å². The lowest BCUT2D eigenvalue weighted by molar-refractivity contribution is 0.0844. The van der Waals surface area contributed by atoms with Gasteiger partial charge in [0.1, 0.15) is 5.69 Å². The molecule has 0 aliphatic heterocycles. The van der Waals surface area contributed by atoms with Gasteiger partial charge in [0, 0.05) is 33.6 Å². The minimum Gasteiger partial charge on any atom is -0.350 e. The monoisotopic (exact) mass is 445 g/mol. The fraction of sp³-hybridized carbons (Fsp3) is 0.167. The Morgan fingerprint density at radius 1 is 0.875 bits per heavy atom. The number of carbonyl (C=O) groups is 2. The summed E-state index contributed by atoms with van der Waals surface area (Å²) in [5.74, 6) is -0.0997. The van der Waals surface area contributed by atoms with E-state index in [4.69, 9.17) is 0 Å². The molecule has 0 unspecified atom stereocenters. The van der Waals surface area contributed by atoms with E-state index in [-0.39, 0.29) is 5.91 Å². The molecule has 2 aromatic carbocycles. The predicted octanol–water partition coefficient (Wildman–Crippen LogP) is 4.25. The van der Waals surface area contributed by atoms with Crippen LogP contribution in [0, 0.1) is 20.8 Å². The number of benzene rings is 2.